The Morgan fingerprint density at radius 2 is 1.83 bits per heavy atom. The number of amides is 1. The van der Waals surface area contributed by atoms with E-state index in [2.05, 4.69) is 25.8 Å². The Labute approximate surface area is 147 Å². The molecule has 1 fully saturated rings. The normalized spacial score (nSPS) is 14.5. The Kier molecular flexibility index (Phi) is 4.75. The topological polar surface area (TPSA) is 79.6 Å². The molecular weight excluding hydrogens is 376 g/mol. The van der Waals surface area contributed by atoms with Gasteiger partial charge < -0.3 is 19.9 Å². The number of nitro groups is 1. The van der Waals surface area contributed by atoms with E-state index in [1.54, 1.807) is 12.1 Å². The van der Waals surface area contributed by atoms with E-state index in [9.17, 15) is 14.9 Å². The van der Waals surface area contributed by atoms with E-state index in [1.807, 2.05) is 23.1 Å². The lowest BCUT2D eigenvalue weighted by Crippen LogP contribution is -2.48. The second-order valence-corrected chi connectivity index (χ2v) is 6.25. The van der Waals surface area contributed by atoms with Gasteiger partial charge in [0.2, 0.25) is 0 Å². The minimum atomic E-state index is -0.516. The summed E-state index contributed by atoms with van der Waals surface area (Å²) in [6, 6.07) is 10.5. The van der Waals surface area contributed by atoms with Gasteiger partial charge in [-0.1, -0.05) is 12.1 Å². The van der Waals surface area contributed by atoms with Gasteiger partial charge in [0.25, 0.3) is 5.91 Å². The number of benzene rings is 1. The zero-order valence-electron chi connectivity index (χ0n) is 12.8. The van der Waals surface area contributed by atoms with E-state index in [0.29, 0.717) is 31.7 Å². The number of hydrogen-bond donors (Lipinski definition) is 0. The van der Waals surface area contributed by atoms with Gasteiger partial charge in [0.1, 0.15) is 0 Å². The minimum Gasteiger partial charge on any atom is -0.365 e. The molecule has 24 heavy (non-hydrogen) atoms. The predicted molar refractivity (Wildman–Crippen MR) is 93.1 cm³/mol. The third kappa shape index (κ3) is 3.38. The zero-order chi connectivity index (χ0) is 17.1. The van der Waals surface area contributed by atoms with Gasteiger partial charge in [-0.25, -0.2) is 0 Å². The quantitative estimate of drug-likeness (QED) is 0.594. The summed E-state index contributed by atoms with van der Waals surface area (Å²) in [6.07, 6.45) is 1.50. The average Bonchev–Trinajstić information content (AvgIpc) is 2.62. The van der Waals surface area contributed by atoms with Gasteiger partial charge in [-0.2, -0.15) is 0 Å². The van der Waals surface area contributed by atoms with Gasteiger partial charge in [-0.15, -0.1) is 0 Å². The first kappa shape index (κ1) is 16.4. The van der Waals surface area contributed by atoms with Gasteiger partial charge in [0.15, 0.2) is 6.20 Å². The van der Waals surface area contributed by atoms with Crippen LogP contribution in [0, 0.1) is 10.1 Å². The second kappa shape index (κ2) is 6.96. The van der Waals surface area contributed by atoms with Crippen molar-refractivity contribution < 1.29 is 9.72 Å². The van der Waals surface area contributed by atoms with Crippen molar-refractivity contribution in [3.05, 3.63) is 62.7 Å². The standard InChI is InChI=1S/C16H15BrN4O3/c17-14-4-2-1-3-13(14)16(22)20-9-7-19(8-10-20)12-5-6-15(18-11-12)21(23)24/h1-6,11H,7-10H2. The molecule has 8 heteroatoms. The van der Waals surface area contributed by atoms with Crippen LogP contribution in [0.4, 0.5) is 11.5 Å². The Hall–Kier alpha value is -2.48. The van der Waals surface area contributed by atoms with Crippen LogP contribution in [-0.4, -0.2) is 46.9 Å². The summed E-state index contributed by atoms with van der Waals surface area (Å²) < 4.78 is 0.789. The second-order valence-electron chi connectivity index (χ2n) is 5.39. The highest BCUT2D eigenvalue weighted by molar-refractivity contribution is 9.10. The van der Waals surface area contributed by atoms with Gasteiger partial charge in [-0.05, 0) is 44.0 Å². The summed E-state index contributed by atoms with van der Waals surface area (Å²) in [4.78, 5) is 30.4. The molecule has 0 N–H and O–H groups in total. The molecule has 0 bridgehead atoms. The Bertz CT molecular complexity index is 758. The van der Waals surface area contributed by atoms with Crippen molar-refractivity contribution in [3.8, 4) is 0 Å². The van der Waals surface area contributed by atoms with E-state index in [0.717, 1.165) is 10.2 Å². The highest BCUT2D eigenvalue weighted by atomic mass is 79.9. The lowest BCUT2D eigenvalue weighted by Gasteiger charge is -2.35. The van der Waals surface area contributed by atoms with Crippen LogP contribution in [0.3, 0.4) is 0 Å². The van der Waals surface area contributed by atoms with Gasteiger partial charge in [0, 0.05) is 36.7 Å². The lowest BCUT2D eigenvalue weighted by molar-refractivity contribution is -0.389. The van der Waals surface area contributed by atoms with E-state index in [-0.39, 0.29) is 11.7 Å². The number of carbonyl (C=O) groups is 1. The largest absolute Gasteiger partial charge is 0.365 e. The average molecular weight is 391 g/mol. The SMILES string of the molecule is O=C(c1ccccc1Br)N1CCN(c2ccc([N+](=O)[O-])nc2)CC1. The Balaban J connectivity index is 1.64. The maximum Gasteiger partial charge on any atom is 0.363 e. The van der Waals surface area contributed by atoms with Crippen molar-refractivity contribution in [1.82, 2.24) is 9.88 Å². The molecule has 0 atom stereocenters. The molecular formula is C16H15BrN4O3. The van der Waals surface area contributed by atoms with Gasteiger partial charge in [-0.3, -0.25) is 4.79 Å². The van der Waals surface area contributed by atoms with E-state index >= 15 is 0 Å². The third-order valence-corrected chi connectivity index (χ3v) is 4.65. The lowest BCUT2D eigenvalue weighted by atomic mass is 10.2. The van der Waals surface area contributed by atoms with Crippen LogP contribution in [0.1, 0.15) is 10.4 Å². The van der Waals surface area contributed by atoms with Gasteiger partial charge >= 0.3 is 5.82 Å². The van der Waals surface area contributed by atoms with Crippen LogP contribution in [0.25, 0.3) is 0 Å². The molecule has 0 radical (unpaired) electrons. The van der Waals surface area contributed by atoms with Crippen molar-refractivity contribution in [2.75, 3.05) is 31.1 Å². The summed E-state index contributed by atoms with van der Waals surface area (Å²) in [7, 11) is 0. The fraction of sp³-hybridized carbons (Fsp3) is 0.250. The number of pyridine rings is 1. The summed E-state index contributed by atoms with van der Waals surface area (Å²) in [6.45, 7) is 2.51. The molecule has 2 aromatic rings. The molecule has 2 heterocycles. The van der Waals surface area contributed by atoms with Gasteiger partial charge in [0.05, 0.1) is 11.3 Å². The number of aromatic nitrogens is 1. The highest BCUT2D eigenvalue weighted by Gasteiger charge is 2.24. The summed E-state index contributed by atoms with van der Waals surface area (Å²) in [5, 5.41) is 10.7. The molecule has 1 saturated heterocycles. The molecule has 0 spiro atoms. The van der Waals surface area contributed by atoms with Crippen molar-refractivity contribution in [1.29, 1.82) is 0 Å². The Morgan fingerprint density at radius 1 is 1.12 bits per heavy atom. The van der Waals surface area contributed by atoms with Crippen LogP contribution < -0.4 is 4.90 Å². The molecule has 1 aromatic carbocycles. The number of nitrogens with zero attached hydrogens (tertiary/aromatic N) is 4. The zero-order valence-corrected chi connectivity index (χ0v) is 14.3. The Morgan fingerprint density at radius 3 is 2.42 bits per heavy atom. The smallest absolute Gasteiger partial charge is 0.363 e. The number of halogens is 1. The van der Waals surface area contributed by atoms with Crippen molar-refractivity contribution >= 4 is 33.3 Å². The summed E-state index contributed by atoms with van der Waals surface area (Å²) in [5.41, 5.74) is 1.48. The highest BCUT2D eigenvalue weighted by Crippen LogP contribution is 2.21. The first-order valence-electron chi connectivity index (χ1n) is 7.45. The van der Waals surface area contributed by atoms with E-state index in [1.165, 1.54) is 12.3 Å². The fourth-order valence-corrected chi connectivity index (χ4v) is 3.10. The monoisotopic (exact) mass is 390 g/mol. The van der Waals surface area contributed by atoms with E-state index in [4.69, 9.17) is 0 Å². The molecule has 7 nitrogen and oxygen atoms in total. The molecule has 0 saturated carbocycles. The van der Waals surface area contributed by atoms with Crippen molar-refractivity contribution in [2.24, 2.45) is 0 Å². The number of piperazine rings is 1. The molecule has 0 unspecified atom stereocenters. The van der Waals surface area contributed by atoms with E-state index < -0.39 is 4.92 Å². The number of carbonyl (C=O) groups excluding carboxylic acids is 1. The summed E-state index contributed by atoms with van der Waals surface area (Å²) in [5.74, 6) is -0.162. The molecule has 124 valence electrons. The number of rotatable bonds is 3. The molecule has 0 aliphatic carbocycles. The summed E-state index contributed by atoms with van der Waals surface area (Å²) >= 11 is 3.41. The van der Waals surface area contributed by atoms with Crippen molar-refractivity contribution in [2.45, 2.75) is 0 Å². The first-order chi connectivity index (χ1) is 11.6. The predicted octanol–water partition coefficient (Wildman–Crippen LogP) is 2.71. The van der Waals surface area contributed by atoms with Crippen LogP contribution in [-0.2, 0) is 0 Å². The van der Waals surface area contributed by atoms with Crippen molar-refractivity contribution in [3.63, 3.8) is 0 Å². The molecule has 1 amide bonds. The molecule has 1 aromatic heterocycles. The van der Waals surface area contributed by atoms with Crippen LogP contribution in [0.15, 0.2) is 47.1 Å². The molecule has 1 aliphatic rings. The van der Waals surface area contributed by atoms with Crippen LogP contribution in [0.5, 0.6) is 0 Å². The number of hydrogen-bond acceptors (Lipinski definition) is 5. The first-order valence-corrected chi connectivity index (χ1v) is 8.25. The maximum absolute atomic E-state index is 12.6. The molecule has 3 rings (SSSR count). The van der Waals surface area contributed by atoms with Crippen LogP contribution in [0.2, 0.25) is 0 Å². The maximum atomic E-state index is 12.6. The fourth-order valence-electron chi connectivity index (χ4n) is 2.65. The third-order valence-electron chi connectivity index (χ3n) is 3.96. The number of anilines is 1. The minimum absolute atomic E-state index is 0.00366. The van der Waals surface area contributed by atoms with Crippen LogP contribution >= 0.6 is 15.9 Å². The molecule has 1 aliphatic heterocycles.